The summed E-state index contributed by atoms with van der Waals surface area (Å²) < 4.78 is 0. The molecule has 0 unspecified atom stereocenters. The Morgan fingerprint density at radius 3 is 2.60 bits per heavy atom. The van der Waals surface area contributed by atoms with Gasteiger partial charge in [-0.25, -0.2) is 0 Å². The minimum atomic E-state index is 0. The molecular weight excluding hydrogens is 363 g/mol. The van der Waals surface area contributed by atoms with Crippen molar-refractivity contribution in [1.29, 1.82) is 0 Å². The van der Waals surface area contributed by atoms with Crippen LogP contribution in [0.5, 0.6) is 0 Å². The van der Waals surface area contributed by atoms with Crippen molar-refractivity contribution in [2.24, 2.45) is 4.99 Å². The van der Waals surface area contributed by atoms with E-state index in [-0.39, 0.29) is 24.0 Å². The van der Waals surface area contributed by atoms with Gasteiger partial charge in [0.15, 0.2) is 5.96 Å². The Kier molecular flexibility index (Phi) is 10.6. The average Bonchev–Trinajstić information content (AvgIpc) is 2.45. The predicted molar refractivity (Wildman–Crippen MR) is 97.9 cm³/mol. The highest BCUT2D eigenvalue weighted by atomic mass is 127. The van der Waals surface area contributed by atoms with Crippen molar-refractivity contribution >= 4 is 35.6 Å². The minimum Gasteiger partial charge on any atom is -0.373 e. The first-order chi connectivity index (χ1) is 9.27. The number of anilines is 1. The van der Waals surface area contributed by atoms with Gasteiger partial charge in [0.05, 0.1) is 13.1 Å². The van der Waals surface area contributed by atoms with Crippen LogP contribution in [0.2, 0.25) is 0 Å². The quantitative estimate of drug-likeness (QED) is 0.340. The molecular formula is C15H23IN4. The normalized spacial score (nSPS) is 10.2. The number of aliphatic imine (C=N–C) groups is 1. The highest BCUT2D eigenvalue weighted by Crippen LogP contribution is 2.09. The molecule has 0 aromatic heterocycles. The molecule has 20 heavy (non-hydrogen) atoms. The summed E-state index contributed by atoms with van der Waals surface area (Å²) in [5.41, 5.74) is 1.19. The van der Waals surface area contributed by atoms with Gasteiger partial charge in [-0.1, -0.05) is 24.1 Å². The Morgan fingerprint density at radius 1 is 1.30 bits per heavy atom. The summed E-state index contributed by atoms with van der Waals surface area (Å²) in [5, 5.41) is 6.22. The van der Waals surface area contributed by atoms with Crippen molar-refractivity contribution in [2.75, 3.05) is 38.1 Å². The zero-order valence-electron chi connectivity index (χ0n) is 12.1. The average molecular weight is 386 g/mol. The molecule has 5 heteroatoms. The molecule has 0 aliphatic rings. The SMILES string of the molecule is C#CCNC(=NCCN(C)c1ccccc1)NCC.I. The minimum absolute atomic E-state index is 0. The molecule has 0 fully saturated rings. The molecule has 1 aromatic carbocycles. The standard InChI is InChI=1S/C15H22N4.HI/c1-4-11-17-15(16-5-2)18-12-13-19(3)14-9-7-6-8-10-14;/h1,6-10H,5,11-13H2,2-3H3,(H2,16,17,18);1H. The molecule has 0 spiro atoms. The number of terminal acetylenes is 1. The largest absolute Gasteiger partial charge is 0.373 e. The molecule has 110 valence electrons. The second kappa shape index (κ2) is 11.4. The predicted octanol–water partition coefficient (Wildman–Crippen LogP) is 1.93. The monoisotopic (exact) mass is 386 g/mol. The summed E-state index contributed by atoms with van der Waals surface area (Å²) in [6, 6.07) is 10.3. The maximum atomic E-state index is 5.22. The lowest BCUT2D eigenvalue weighted by Crippen LogP contribution is -2.38. The number of halogens is 1. The van der Waals surface area contributed by atoms with Crippen molar-refractivity contribution in [3.63, 3.8) is 0 Å². The van der Waals surface area contributed by atoms with Gasteiger partial charge in [0, 0.05) is 25.8 Å². The Morgan fingerprint density at radius 2 is 2.00 bits per heavy atom. The zero-order chi connectivity index (χ0) is 13.9. The third-order valence-corrected chi connectivity index (χ3v) is 2.60. The van der Waals surface area contributed by atoms with Gasteiger partial charge in [0.1, 0.15) is 0 Å². The molecule has 0 atom stereocenters. The van der Waals surface area contributed by atoms with Crippen LogP contribution in [0.25, 0.3) is 0 Å². The number of para-hydroxylation sites is 1. The van der Waals surface area contributed by atoms with Gasteiger partial charge in [-0.2, -0.15) is 0 Å². The van der Waals surface area contributed by atoms with E-state index in [9.17, 15) is 0 Å². The van der Waals surface area contributed by atoms with Gasteiger partial charge in [0.2, 0.25) is 0 Å². The van der Waals surface area contributed by atoms with Crippen LogP contribution in [0.15, 0.2) is 35.3 Å². The molecule has 0 saturated heterocycles. The number of benzene rings is 1. The summed E-state index contributed by atoms with van der Waals surface area (Å²) in [7, 11) is 2.06. The fourth-order valence-corrected chi connectivity index (χ4v) is 1.60. The van der Waals surface area contributed by atoms with E-state index < -0.39 is 0 Å². The number of nitrogens with zero attached hydrogens (tertiary/aromatic N) is 2. The van der Waals surface area contributed by atoms with Crippen molar-refractivity contribution in [1.82, 2.24) is 10.6 Å². The van der Waals surface area contributed by atoms with E-state index >= 15 is 0 Å². The molecule has 1 aromatic rings. The first-order valence-corrected chi connectivity index (χ1v) is 6.49. The Hall–Kier alpha value is -1.42. The topological polar surface area (TPSA) is 39.7 Å². The van der Waals surface area contributed by atoms with Gasteiger partial charge in [-0.05, 0) is 19.1 Å². The first-order valence-electron chi connectivity index (χ1n) is 6.49. The number of guanidine groups is 1. The maximum absolute atomic E-state index is 5.22. The lowest BCUT2D eigenvalue weighted by molar-refractivity contribution is 0.837. The summed E-state index contributed by atoms with van der Waals surface area (Å²) in [6.45, 7) is 4.91. The van der Waals surface area contributed by atoms with E-state index in [1.807, 2.05) is 25.1 Å². The van der Waals surface area contributed by atoms with Gasteiger partial charge in [-0.3, -0.25) is 4.99 Å². The highest BCUT2D eigenvalue weighted by Gasteiger charge is 1.99. The third-order valence-electron chi connectivity index (χ3n) is 2.60. The van der Waals surface area contributed by atoms with Crippen molar-refractivity contribution in [3.8, 4) is 12.3 Å². The second-order valence-electron chi connectivity index (χ2n) is 4.08. The zero-order valence-corrected chi connectivity index (χ0v) is 14.4. The van der Waals surface area contributed by atoms with Crippen molar-refractivity contribution in [2.45, 2.75) is 6.92 Å². The molecule has 0 saturated carbocycles. The summed E-state index contributed by atoms with van der Waals surface area (Å²) in [6.07, 6.45) is 5.22. The van der Waals surface area contributed by atoms with Crippen LogP contribution in [0.1, 0.15) is 6.92 Å². The van der Waals surface area contributed by atoms with Crippen molar-refractivity contribution < 1.29 is 0 Å². The maximum Gasteiger partial charge on any atom is 0.192 e. The van der Waals surface area contributed by atoms with E-state index in [0.717, 1.165) is 19.0 Å². The lowest BCUT2D eigenvalue weighted by Gasteiger charge is -2.18. The summed E-state index contributed by atoms with van der Waals surface area (Å²) in [5.74, 6) is 3.30. The molecule has 0 heterocycles. The van der Waals surface area contributed by atoms with Crippen molar-refractivity contribution in [3.05, 3.63) is 30.3 Å². The van der Waals surface area contributed by atoms with Crippen LogP contribution in [0.3, 0.4) is 0 Å². The van der Waals surface area contributed by atoms with Crippen LogP contribution < -0.4 is 15.5 Å². The smallest absolute Gasteiger partial charge is 0.192 e. The number of nitrogens with one attached hydrogen (secondary N) is 2. The molecule has 0 aliphatic heterocycles. The number of rotatable bonds is 6. The highest BCUT2D eigenvalue weighted by molar-refractivity contribution is 14.0. The van der Waals surface area contributed by atoms with Gasteiger partial charge in [0.25, 0.3) is 0 Å². The molecule has 0 radical (unpaired) electrons. The Bertz CT molecular complexity index is 425. The number of likely N-dealkylation sites (N-methyl/N-ethyl adjacent to an activating group) is 1. The van der Waals surface area contributed by atoms with E-state index in [1.54, 1.807) is 0 Å². The third kappa shape index (κ3) is 7.24. The summed E-state index contributed by atoms with van der Waals surface area (Å²) in [4.78, 5) is 6.65. The lowest BCUT2D eigenvalue weighted by atomic mass is 10.3. The summed E-state index contributed by atoms with van der Waals surface area (Å²) >= 11 is 0. The fourth-order valence-electron chi connectivity index (χ4n) is 1.60. The van der Waals surface area contributed by atoms with E-state index in [0.29, 0.717) is 13.1 Å². The molecule has 0 aliphatic carbocycles. The van der Waals surface area contributed by atoms with Crippen LogP contribution in [0.4, 0.5) is 5.69 Å². The van der Waals surface area contributed by atoms with Crippen LogP contribution in [-0.2, 0) is 0 Å². The Labute approximate surface area is 139 Å². The fraction of sp³-hybridized carbons (Fsp3) is 0.400. The molecule has 4 nitrogen and oxygen atoms in total. The van der Waals surface area contributed by atoms with Gasteiger partial charge < -0.3 is 15.5 Å². The molecule has 1 rings (SSSR count). The van der Waals surface area contributed by atoms with Crippen LogP contribution in [0, 0.1) is 12.3 Å². The molecule has 2 N–H and O–H groups in total. The van der Waals surface area contributed by atoms with E-state index in [2.05, 4.69) is 45.6 Å². The first kappa shape index (κ1) is 18.6. The van der Waals surface area contributed by atoms with E-state index in [1.165, 1.54) is 5.69 Å². The Balaban J connectivity index is 0.00000361. The van der Waals surface area contributed by atoms with Crippen LogP contribution in [-0.4, -0.2) is 39.2 Å². The van der Waals surface area contributed by atoms with Gasteiger partial charge >= 0.3 is 0 Å². The molecule has 0 amide bonds. The number of hydrogen-bond acceptors (Lipinski definition) is 2. The molecule has 0 bridgehead atoms. The van der Waals surface area contributed by atoms with Gasteiger partial charge in [-0.15, -0.1) is 30.4 Å². The van der Waals surface area contributed by atoms with Crippen LogP contribution >= 0.6 is 24.0 Å². The number of hydrogen-bond donors (Lipinski definition) is 2. The second-order valence-corrected chi connectivity index (χ2v) is 4.08. The van der Waals surface area contributed by atoms with E-state index in [4.69, 9.17) is 6.42 Å².